The van der Waals surface area contributed by atoms with Gasteiger partial charge in [-0.05, 0) is 62.7 Å². The van der Waals surface area contributed by atoms with Crippen LogP contribution in [0, 0.1) is 23.2 Å². The minimum Gasteiger partial charge on any atom is -0.468 e. The van der Waals surface area contributed by atoms with Gasteiger partial charge in [0, 0.05) is 65.0 Å². The fourth-order valence-corrected chi connectivity index (χ4v) is 8.23. The van der Waals surface area contributed by atoms with Gasteiger partial charge in [-0.15, -0.1) is 0 Å². The van der Waals surface area contributed by atoms with E-state index >= 15 is 0 Å². The Labute approximate surface area is 507 Å². The molecule has 0 spiro atoms. The third kappa shape index (κ3) is 96.0. The fraction of sp³-hybridized carbons (Fsp3) is 0.899. The van der Waals surface area contributed by atoms with Gasteiger partial charge in [-0.2, -0.15) is 0 Å². The van der Waals surface area contributed by atoms with Crippen molar-refractivity contribution in [3.8, 4) is 0 Å². The van der Waals surface area contributed by atoms with E-state index < -0.39 is 5.41 Å². The highest BCUT2D eigenvalue weighted by molar-refractivity contribution is 5.78. The Morgan fingerprint density at radius 2 is 0.829 bits per heavy atom. The van der Waals surface area contributed by atoms with Crippen molar-refractivity contribution in [3.05, 3.63) is 0 Å². The van der Waals surface area contributed by atoms with Crippen LogP contribution in [0.25, 0.3) is 0 Å². The lowest BCUT2D eigenvalue weighted by molar-refractivity contribution is -0.149. The van der Waals surface area contributed by atoms with Gasteiger partial charge in [-0.25, -0.2) is 0 Å². The predicted molar refractivity (Wildman–Crippen MR) is 344 cm³/mol. The van der Waals surface area contributed by atoms with Crippen molar-refractivity contribution < 1.29 is 62.0 Å². The summed E-state index contributed by atoms with van der Waals surface area (Å²) in [6, 6.07) is 0. The number of carbonyl (C=O) groups excluding carboxylic acids is 7. The Bertz CT molecular complexity index is 1190. The van der Waals surface area contributed by atoms with Crippen molar-refractivity contribution in [2.75, 3.05) is 53.9 Å². The van der Waals surface area contributed by atoms with Gasteiger partial charge in [0.1, 0.15) is 18.4 Å². The normalized spacial score (nSPS) is 11.0. The number of hydrogen-bond donors (Lipinski definition) is 0. The van der Waals surface area contributed by atoms with E-state index in [1.54, 1.807) is 14.2 Å². The van der Waals surface area contributed by atoms with Crippen LogP contribution in [0.4, 0.5) is 0 Å². The van der Waals surface area contributed by atoms with Crippen molar-refractivity contribution in [1.29, 1.82) is 0 Å². The lowest BCUT2D eigenvalue weighted by Crippen LogP contribution is -2.27. The van der Waals surface area contributed by atoms with E-state index in [1.807, 2.05) is 27.7 Å². The van der Waals surface area contributed by atoms with Gasteiger partial charge < -0.3 is 38.0 Å². The molecule has 0 aliphatic rings. The number of ether oxygens (including phenoxy) is 6. The highest BCUT2D eigenvalue weighted by Crippen LogP contribution is 2.21. The third-order valence-electron chi connectivity index (χ3n) is 13.5. The summed E-state index contributed by atoms with van der Waals surface area (Å²) in [7, 11) is 3.54. The number of rotatable bonds is 54. The molecule has 0 fully saturated rings. The van der Waals surface area contributed by atoms with Crippen LogP contribution in [-0.4, -0.2) is 97.6 Å². The molecule has 0 N–H and O–H groups in total. The molecule has 0 aliphatic heterocycles. The third-order valence-corrected chi connectivity index (χ3v) is 13.5. The second kappa shape index (κ2) is 86.6. The maximum Gasteiger partial charge on any atom is 0.305 e. The molecule has 13 nitrogen and oxygen atoms in total. The van der Waals surface area contributed by atoms with Crippen molar-refractivity contribution in [2.45, 2.75) is 327 Å². The molecule has 0 radical (unpaired) electrons. The molecule has 13 heteroatoms. The molecule has 0 aromatic rings. The molecule has 0 saturated heterocycles. The van der Waals surface area contributed by atoms with Crippen LogP contribution in [0.2, 0.25) is 0 Å². The number of unbranched alkanes of at least 4 members (excludes halogenated alkanes) is 23. The van der Waals surface area contributed by atoms with Crippen LogP contribution in [0.15, 0.2) is 0 Å². The van der Waals surface area contributed by atoms with Crippen LogP contribution >= 0.6 is 0 Å². The molecule has 0 aromatic carbocycles. The zero-order valence-corrected chi connectivity index (χ0v) is 56.5. The standard InChI is InChI=1S/C23H42O5.2C9H18O2.2C9H20O.C8H14O2.C2H6/c1-5-7-8-9-10-11-12-13-21(25)16-20(6-2)14-15-22(26)28-18-23(3,4)17-27-19-24;1-3-4-5-6-9(2)7-11-8-10;1-2-3-4-5-6-7-8-11-9-10;2*1-3-4-5-6-7-8-9-10-2;1-2-3-8(4-6-9)5-7-10;1-2/h19-20H,5-18H2,1-4H3;8-9H,3-7H2,1-2H3;9H,2-8H2,1H3;2*3-9H2,1-2H3;6-8H,2-5H2,1H3;1-2H3. The number of aldehydes is 2. The molecule has 2 unspecified atom stereocenters. The topological polar surface area (TPSA) is 175 Å². The van der Waals surface area contributed by atoms with Gasteiger partial charge in [-0.3, -0.25) is 24.0 Å². The summed E-state index contributed by atoms with van der Waals surface area (Å²) in [4.78, 5) is 74.1. The summed E-state index contributed by atoms with van der Waals surface area (Å²) in [5, 5.41) is 0. The van der Waals surface area contributed by atoms with Gasteiger partial charge in [0.25, 0.3) is 19.4 Å². The fourth-order valence-electron chi connectivity index (χ4n) is 8.23. The Hall–Kier alpha value is -3.19. The van der Waals surface area contributed by atoms with Crippen molar-refractivity contribution >= 4 is 43.7 Å². The zero-order chi connectivity index (χ0) is 63.3. The quantitative estimate of drug-likeness (QED) is 0.0244. The Kier molecular flexibility index (Phi) is 97.7. The van der Waals surface area contributed by atoms with Crippen LogP contribution < -0.4 is 0 Å². The Morgan fingerprint density at radius 3 is 1.22 bits per heavy atom. The first-order valence-electron chi connectivity index (χ1n) is 33.4. The van der Waals surface area contributed by atoms with Crippen LogP contribution in [0.1, 0.15) is 327 Å². The van der Waals surface area contributed by atoms with E-state index in [0.717, 1.165) is 64.3 Å². The van der Waals surface area contributed by atoms with Gasteiger partial charge in [0.15, 0.2) is 0 Å². The van der Waals surface area contributed by atoms with E-state index in [1.165, 1.54) is 167 Å². The molecule has 82 heavy (non-hydrogen) atoms. The summed E-state index contributed by atoms with van der Waals surface area (Å²) in [6.07, 6.45) is 45.1. The molecule has 0 bridgehead atoms. The summed E-state index contributed by atoms with van der Waals surface area (Å²) in [5.41, 5.74) is -0.396. The molecule has 0 saturated carbocycles. The first-order chi connectivity index (χ1) is 39.7. The minimum absolute atomic E-state index is 0.216. The molecule has 492 valence electrons. The average Bonchev–Trinajstić information content (AvgIpc) is 3.48. The van der Waals surface area contributed by atoms with E-state index in [2.05, 4.69) is 64.9 Å². The Balaban J connectivity index is -0.000000175. The maximum absolute atomic E-state index is 12.2. The average molecular weight is 1180 g/mol. The van der Waals surface area contributed by atoms with Crippen molar-refractivity contribution in [3.63, 3.8) is 0 Å². The monoisotopic (exact) mass is 1180 g/mol. The summed E-state index contributed by atoms with van der Waals surface area (Å²) < 4.78 is 29.2. The molecule has 0 aliphatic carbocycles. The van der Waals surface area contributed by atoms with Gasteiger partial charge >= 0.3 is 5.97 Å². The highest BCUT2D eigenvalue weighted by Gasteiger charge is 2.22. The largest absolute Gasteiger partial charge is 0.468 e. The number of carbonyl (C=O) groups is 7. The van der Waals surface area contributed by atoms with Gasteiger partial charge in [0.2, 0.25) is 0 Å². The van der Waals surface area contributed by atoms with Gasteiger partial charge in [-0.1, -0.05) is 250 Å². The van der Waals surface area contributed by atoms with E-state index in [4.69, 9.17) is 18.9 Å². The van der Waals surface area contributed by atoms with E-state index in [9.17, 15) is 33.6 Å². The molecule has 0 heterocycles. The van der Waals surface area contributed by atoms with E-state index in [0.29, 0.717) is 88.8 Å². The predicted octanol–water partition coefficient (Wildman–Crippen LogP) is 19.1. The lowest BCUT2D eigenvalue weighted by Gasteiger charge is -2.22. The molecule has 2 atom stereocenters. The summed E-state index contributed by atoms with van der Waals surface area (Å²) >= 11 is 0. The second-order valence-corrected chi connectivity index (χ2v) is 22.4. The Morgan fingerprint density at radius 1 is 0.427 bits per heavy atom. The molecular formula is C69H138O13. The van der Waals surface area contributed by atoms with E-state index in [-0.39, 0.29) is 25.1 Å². The molecule has 0 aromatic heterocycles. The SMILES string of the molecule is CC.CCCC(CC=O)CC=O.CCCCCC(C)COC=O.CCCCCCCCCC(=O)CC(CC)CCC(=O)OCC(C)(C)COC=O.CCCCCCCCOC.CCCCCCCCOC.CCCCCCCCOC=O. The second-order valence-electron chi connectivity index (χ2n) is 22.4. The molecule has 0 rings (SSSR count). The van der Waals surface area contributed by atoms with Crippen molar-refractivity contribution in [2.24, 2.45) is 23.2 Å². The molecule has 0 amide bonds. The highest BCUT2D eigenvalue weighted by atomic mass is 16.5. The summed E-state index contributed by atoms with van der Waals surface area (Å²) in [6.45, 7) is 30.0. The number of ketones is 1. The van der Waals surface area contributed by atoms with Crippen molar-refractivity contribution in [1.82, 2.24) is 0 Å². The maximum atomic E-state index is 12.2. The zero-order valence-electron chi connectivity index (χ0n) is 56.5. The number of Topliss-reactive ketones (excluding diaryl/α,β-unsaturated/α-hetero) is 1. The number of esters is 1. The minimum atomic E-state index is -0.396. The first kappa shape index (κ1) is 92.5. The molecular weight excluding hydrogens is 1040 g/mol. The summed E-state index contributed by atoms with van der Waals surface area (Å²) in [5.74, 6) is 1.13. The lowest BCUT2D eigenvalue weighted by atomic mass is 9.92. The van der Waals surface area contributed by atoms with Crippen LogP contribution in [0.5, 0.6) is 0 Å². The smallest absolute Gasteiger partial charge is 0.305 e. The van der Waals surface area contributed by atoms with Crippen LogP contribution in [0.3, 0.4) is 0 Å². The van der Waals surface area contributed by atoms with Gasteiger partial charge in [0.05, 0.1) is 26.4 Å². The number of hydrogen-bond acceptors (Lipinski definition) is 13. The van der Waals surface area contributed by atoms with Crippen LogP contribution in [-0.2, 0) is 62.0 Å². The number of methoxy groups -OCH3 is 2. The first-order valence-corrected chi connectivity index (χ1v) is 33.4.